The zero-order valence-corrected chi connectivity index (χ0v) is 18.3. The van der Waals surface area contributed by atoms with Crippen molar-refractivity contribution in [2.75, 3.05) is 51.3 Å². The molecule has 8 nitrogen and oxygen atoms in total. The second-order valence-corrected chi connectivity index (χ2v) is 10.4. The number of hydrogen-bond donors (Lipinski definition) is 3. The molecule has 0 unspecified atom stereocenters. The highest BCUT2D eigenvalue weighted by Crippen LogP contribution is 2.12. The number of likely N-dealkylation sites (tertiary alicyclic amines) is 1. The second kappa shape index (κ2) is 10.8. The van der Waals surface area contributed by atoms with Gasteiger partial charge in [0, 0.05) is 50.4 Å². The van der Waals surface area contributed by atoms with E-state index in [-0.39, 0.29) is 11.7 Å². The number of piperidine rings is 1. The van der Waals surface area contributed by atoms with Crippen molar-refractivity contribution in [1.29, 1.82) is 0 Å². The van der Waals surface area contributed by atoms with Crippen molar-refractivity contribution in [3.05, 3.63) is 0 Å². The number of guanidine groups is 1. The first-order chi connectivity index (χ1) is 12.5. The minimum Gasteiger partial charge on any atom is -0.357 e. The van der Waals surface area contributed by atoms with Gasteiger partial charge in [-0.15, -0.1) is 0 Å². The third kappa shape index (κ3) is 10.5. The highest BCUT2D eigenvalue weighted by molar-refractivity contribution is 7.90. The first-order valence-corrected chi connectivity index (χ1v) is 11.8. The molecule has 1 heterocycles. The number of amides is 1. The van der Waals surface area contributed by atoms with E-state index in [0.717, 1.165) is 38.4 Å². The molecule has 1 fully saturated rings. The summed E-state index contributed by atoms with van der Waals surface area (Å²) < 4.78 is 22.6. The van der Waals surface area contributed by atoms with Crippen LogP contribution >= 0.6 is 0 Å². The Labute approximate surface area is 164 Å². The molecule has 0 spiro atoms. The summed E-state index contributed by atoms with van der Waals surface area (Å²) in [6, 6.07) is 0.321. The first-order valence-electron chi connectivity index (χ1n) is 9.74. The van der Waals surface area contributed by atoms with Gasteiger partial charge < -0.3 is 20.9 Å². The molecule has 0 aromatic rings. The maximum Gasteiger partial charge on any atom is 0.225 e. The van der Waals surface area contributed by atoms with E-state index in [2.05, 4.69) is 25.8 Å². The fourth-order valence-corrected chi connectivity index (χ4v) is 3.30. The van der Waals surface area contributed by atoms with Crippen LogP contribution in [0.15, 0.2) is 4.99 Å². The predicted molar refractivity (Wildman–Crippen MR) is 111 cm³/mol. The summed E-state index contributed by atoms with van der Waals surface area (Å²) in [5.41, 5.74) is -0.391. The van der Waals surface area contributed by atoms with Crippen molar-refractivity contribution in [3.8, 4) is 0 Å². The number of rotatable bonds is 8. The number of carbonyl (C=O) groups excluding carboxylic acids is 1. The maximum atomic E-state index is 11.9. The Bertz CT molecular complexity index is 591. The summed E-state index contributed by atoms with van der Waals surface area (Å²) in [6.45, 7) is 11.9. The van der Waals surface area contributed by atoms with Crippen molar-refractivity contribution < 1.29 is 13.2 Å². The van der Waals surface area contributed by atoms with Gasteiger partial charge in [-0.2, -0.15) is 0 Å². The van der Waals surface area contributed by atoms with E-state index in [1.165, 1.54) is 6.26 Å². The van der Waals surface area contributed by atoms with E-state index in [4.69, 9.17) is 0 Å². The fraction of sp³-hybridized carbons (Fsp3) is 0.889. The Hall–Kier alpha value is -1.35. The van der Waals surface area contributed by atoms with Crippen LogP contribution in [-0.4, -0.2) is 82.5 Å². The lowest BCUT2D eigenvalue weighted by molar-refractivity contribution is -0.128. The minimum absolute atomic E-state index is 0.0251. The molecule has 1 amide bonds. The van der Waals surface area contributed by atoms with Gasteiger partial charge in [0.25, 0.3) is 0 Å². The molecule has 0 radical (unpaired) electrons. The second-order valence-electron chi connectivity index (χ2n) is 8.16. The number of carbonyl (C=O) groups is 1. The molecule has 0 atom stereocenters. The monoisotopic (exact) mass is 403 g/mol. The first kappa shape index (κ1) is 23.7. The topological polar surface area (TPSA) is 103 Å². The highest BCUT2D eigenvalue weighted by atomic mass is 32.2. The van der Waals surface area contributed by atoms with Gasteiger partial charge in [0.05, 0.1) is 12.3 Å². The molecule has 1 rings (SSSR count). The number of hydrogen-bond acceptors (Lipinski definition) is 5. The van der Waals surface area contributed by atoms with Gasteiger partial charge >= 0.3 is 0 Å². The molecule has 0 bridgehead atoms. The summed E-state index contributed by atoms with van der Waals surface area (Å²) in [5.74, 6) is 1.00. The Morgan fingerprint density at radius 2 is 1.81 bits per heavy atom. The van der Waals surface area contributed by atoms with Crippen molar-refractivity contribution >= 4 is 21.7 Å². The van der Waals surface area contributed by atoms with E-state index in [9.17, 15) is 13.2 Å². The molecule has 1 aliphatic rings. The molecule has 3 N–H and O–H groups in total. The van der Waals surface area contributed by atoms with Crippen molar-refractivity contribution in [1.82, 2.24) is 20.9 Å². The van der Waals surface area contributed by atoms with Gasteiger partial charge in [0.2, 0.25) is 5.91 Å². The lowest BCUT2D eigenvalue weighted by Crippen LogP contribution is -2.49. The van der Waals surface area contributed by atoms with Gasteiger partial charge in [0.15, 0.2) is 5.96 Å². The molecule has 158 valence electrons. The number of aliphatic imine (C=N–C) groups is 1. The van der Waals surface area contributed by atoms with Gasteiger partial charge in [-0.1, -0.05) is 20.8 Å². The van der Waals surface area contributed by atoms with Crippen LogP contribution in [0.25, 0.3) is 0 Å². The molecule has 0 aromatic carbocycles. The summed E-state index contributed by atoms with van der Waals surface area (Å²) in [5, 5.41) is 9.59. The highest BCUT2D eigenvalue weighted by Gasteiger charge is 2.21. The lowest BCUT2D eigenvalue weighted by atomic mass is 9.96. The third-order valence-corrected chi connectivity index (χ3v) is 5.32. The largest absolute Gasteiger partial charge is 0.357 e. The van der Waals surface area contributed by atoms with Crippen molar-refractivity contribution in [2.24, 2.45) is 10.4 Å². The molecule has 1 saturated heterocycles. The van der Waals surface area contributed by atoms with Crippen LogP contribution in [-0.2, 0) is 14.6 Å². The average Bonchev–Trinajstić information content (AvgIpc) is 2.56. The Morgan fingerprint density at radius 1 is 1.19 bits per heavy atom. The molecule has 0 aliphatic carbocycles. The van der Waals surface area contributed by atoms with Crippen LogP contribution in [0.2, 0.25) is 0 Å². The van der Waals surface area contributed by atoms with Gasteiger partial charge in [-0.05, 0) is 19.8 Å². The Morgan fingerprint density at radius 3 is 2.33 bits per heavy atom. The molecule has 0 saturated carbocycles. The summed E-state index contributed by atoms with van der Waals surface area (Å²) in [7, 11) is -2.91. The van der Waals surface area contributed by atoms with E-state index < -0.39 is 15.3 Å². The van der Waals surface area contributed by atoms with E-state index >= 15 is 0 Å². The molecule has 0 aromatic heterocycles. The summed E-state index contributed by atoms with van der Waals surface area (Å²) in [6.07, 6.45) is 3.19. The quantitative estimate of drug-likeness (QED) is 0.304. The normalized spacial score (nSPS) is 17.6. The molecule has 1 aliphatic heterocycles. The molecular formula is C18H37N5O3S. The van der Waals surface area contributed by atoms with Crippen LogP contribution in [0.3, 0.4) is 0 Å². The van der Waals surface area contributed by atoms with E-state index in [0.29, 0.717) is 25.7 Å². The van der Waals surface area contributed by atoms with E-state index in [1.807, 2.05) is 27.7 Å². The summed E-state index contributed by atoms with van der Waals surface area (Å²) >= 11 is 0. The van der Waals surface area contributed by atoms with Crippen LogP contribution in [0.1, 0.15) is 40.5 Å². The standard InChI is InChI=1S/C18H37N5O3S/c1-6-19-17(21-10-9-20-16(24)18(2,3)4)22-15-7-11-23(12-8-15)13-14-27(5,25)26/h15H,6-14H2,1-5H3,(H,20,24)(H2,19,21,22). The zero-order valence-electron chi connectivity index (χ0n) is 17.5. The Kier molecular flexibility index (Phi) is 9.52. The Balaban J connectivity index is 2.39. The van der Waals surface area contributed by atoms with Crippen molar-refractivity contribution in [2.45, 2.75) is 46.6 Å². The van der Waals surface area contributed by atoms with Crippen LogP contribution in [0.5, 0.6) is 0 Å². The zero-order chi connectivity index (χ0) is 20.5. The van der Waals surface area contributed by atoms with Crippen LogP contribution in [0.4, 0.5) is 0 Å². The smallest absolute Gasteiger partial charge is 0.225 e. The van der Waals surface area contributed by atoms with Gasteiger partial charge in [0.1, 0.15) is 9.84 Å². The summed E-state index contributed by atoms with van der Waals surface area (Å²) in [4.78, 5) is 18.6. The van der Waals surface area contributed by atoms with Crippen LogP contribution in [0, 0.1) is 5.41 Å². The van der Waals surface area contributed by atoms with Gasteiger partial charge in [-0.3, -0.25) is 9.79 Å². The fourth-order valence-electron chi connectivity index (χ4n) is 2.71. The molecule has 9 heteroatoms. The van der Waals surface area contributed by atoms with Gasteiger partial charge in [-0.25, -0.2) is 8.42 Å². The van der Waals surface area contributed by atoms with E-state index in [1.54, 1.807) is 0 Å². The minimum atomic E-state index is -2.91. The number of nitrogens with one attached hydrogen (secondary N) is 3. The predicted octanol–water partition coefficient (Wildman–Crippen LogP) is 0.213. The van der Waals surface area contributed by atoms with Crippen molar-refractivity contribution in [3.63, 3.8) is 0 Å². The maximum absolute atomic E-state index is 11.9. The number of nitrogens with zero attached hydrogens (tertiary/aromatic N) is 2. The number of sulfone groups is 1. The van der Waals surface area contributed by atoms with Crippen LogP contribution < -0.4 is 16.0 Å². The SMILES string of the molecule is CCNC(=NCCNC(=O)C(C)(C)C)NC1CCN(CCS(C)(=O)=O)CC1. The third-order valence-electron chi connectivity index (χ3n) is 4.40. The molecular weight excluding hydrogens is 366 g/mol. The lowest BCUT2D eigenvalue weighted by Gasteiger charge is -2.32. The molecule has 27 heavy (non-hydrogen) atoms. The average molecular weight is 404 g/mol.